The first-order valence-corrected chi connectivity index (χ1v) is 9.99. The Bertz CT molecular complexity index is 500. The number of piperidine rings is 1. The Balaban J connectivity index is 1.80. The average molecular weight is 328 g/mol. The van der Waals surface area contributed by atoms with Crippen LogP contribution < -0.4 is 10.6 Å². The highest BCUT2D eigenvalue weighted by atomic mass is 32.2. The van der Waals surface area contributed by atoms with Gasteiger partial charge in [0.2, 0.25) is 10.0 Å². The Morgan fingerprint density at radius 2 is 1.91 bits per heavy atom. The summed E-state index contributed by atoms with van der Waals surface area (Å²) in [7, 11) is -3.04. The van der Waals surface area contributed by atoms with Gasteiger partial charge < -0.3 is 10.6 Å². The summed E-state index contributed by atoms with van der Waals surface area (Å²) in [5, 5.41) is 6.75. The van der Waals surface area contributed by atoms with Crippen LogP contribution in [-0.2, 0) is 10.0 Å². The molecule has 2 aliphatic rings. The van der Waals surface area contributed by atoms with Crippen molar-refractivity contribution in [2.75, 3.05) is 32.4 Å². The van der Waals surface area contributed by atoms with Gasteiger partial charge in [-0.05, 0) is 38.5 Å². The summed E-state index contributed by atoms with van der Waals surface area (Å²) in [5.41, 5.74) is 0. The molecule has 0 spiro atoms. The van der Waals surface area contributed by atoms with Gasteiger partial charge in [0, 0.05) is 32.2 Å². The smallest absolute Gasteiger partial charge is 0.211 e. The number of aliphatic imine (C=N–C) groups is 1. The molecule has 1 fully saturated rings. The minimum absolute atomic E-state index is 0.449. The number of hydrogen-bond donors (Lipinski definition) is 2. The predicted octanol–water partition coefficient (Wildman–Crippen LogP) is 0.932. The molecule has 2 rings (SSSR count). The second-order valence-corrected chi connectivity index (χ2v) is 8.09. The first kappa shape index (κ1) is 17.3. The van der Waals surface area contributed by atoms with E-state index in [1.807, 2.05) is 0 Å². The number of sulfonamides is 1. The van der Waals surface area contributed by atoms with E-state index in [0.29, 0.717) is 25.0 Å². The third-order valence-electron chi connectivity index (χ3n) is 4.24. The monoisotopic (exact) mass is 328 g/mol. The molecular formula is C15H28N4O2S. The SMILES string of the molecule is CCNC(=NCC1CCN(S(C)(=O)=O)CC1)NC1CC=CC1. The normalized spacial score (nSPS) is 22.2. The molecule has 22 heavy (non-hydrogen) atoms. The van der Waals surface area contributed by atoms with Crippen LogP contribution in [0.4, 0.5) is 0 Å². The van der Waals surface area contributed by atoms with Crippen molar-refractivity contribution in [3.63, 3.8) is 0 Å². The molecule has 1 saturated heterocycles. The maximum Gasteiger partial charge on any atom is 0.211 e. The summed E-state index contributed by atoms with van der Waals surface area (Å²) >= 11 is 0. The third kappa shape index (κ3) is 5.28. The van der Waals surface area contributed by atoms with Gasteiger partial charge in [-0.25, -0.2) is 12.7 Å². The zero-order chi connectivity index (χ0) is 16.0. The van der Waals surface area contributed by atoms with Gasteiger partial charge >= 0.3 is 0 Å². The Morgan fingerprint density at radius 3 is 2.45 bits per heavy atom. The van der Waals surface area contributed by atoms with Crippen molar-refractivity contribution in [1.29, 1.82) is 0 Å². The second-order valence-electron chi connectivity index (χ2n) is 6.11. The van der Waals surface area contributed by atoms with Gasteiger partial charge in [0.15, 0.2) is 5.96 Å². The van der Waals surface area contributed by atoms with Gasteiger partial charge in [0.25, 0.3) is 0 Å². The Morgan fingerprint density at radius 1 is 1.27 bits per heavy atom. The van der Waals surface area contributed by atoms with E-state index < -0.39 is 10.0 Å². The summed E-state index contributed by atoms with van der Waals surface area (Å²) in [6.07, 6.45) is 9.56. The molecule has 0 saturated carbocycles. The maximum atomic E-state index is 11.5. The minimum Gasteiger partial charge on any atom is -0.357 e. The quantitative estimate of drug-likeness (QED) is 0.447. The molecule has 2 N–H and O–H groups in total. The van der Waals surface area contributed by atoms with E-state index in [4.69, 9.17) is 0 Å². The molecule has 0 aromatic rings. The van der Waals surface area contributed by atoms with Gasteiger partial charge in [-0.1, -0.05) is 12.2 Å². The summed E-state index contributed by atoms with van der Waals surface area (Å²) in [4.78, 5) is 4.69. The van der Waals surface area contributed by atoms with Crippen molar-refractivity contribution in [3.05, 3.63) is 12.2 Å². The lowest BCUT2D eigenvalue weighted by atomic mass is 9.98. The van der Waals surface area contributed by atoms with Gasteiger partial charge in [-0.15, -0.1) is 0 Å². The van der Waals surface area contributed by atoms with Crippen LogP contribution in [0.5, 0.6) is 0 Å². The highest BCUT2D eigenvalue weighted by molar-refractivity contribution is 7.88. The summed E-state index contributed by atoms with van der Waals surface area (Å²) in [5.74, 6) is 1.34. The van der Waals surface area contributed by atoms with Crippen molar-refractivity contribution in [3.8, 4) is 0 Å². The predicted molar refractivity (Wildman–Crippen MR) is 90.4 cm³/mol. The molecule has 126 valence electrons. The topological polar surface area (TPSA) is 73.8 Å². The molecule has 1 heterocycles. The second kappa shape index (κ2) is 7.97. The Labute approximate surface area is 134 Å². The number of nitrogens with one attached hydrogen (secondary N) is 2. The van der Waals surface area contributed by atoms with Crippen LogP contribution in [0.15, 0.2) is 17.1 Å². The van der Waals surface area contributed by atoms with Crippen LogP contribution in [0.1, 0.15) is 32.6 Å². The molecule has 0 unspecified atom stereocenters. The van der Waals surface area contributed by atoms with Crippen molar-refractivity contribution >= 4 is 16.0 Å². The zero-order valence-corrected chi connectivity index (χ0v) is 14.4. The molecule has 0 bridgehead atoms. The third-order valence-corrected chi connectivity index (χ3v) is 5.55. The van der Waals surface area contributed by atoms with E-state index in [0.717, 1.165) is 44.7 Å². The lowest BCUT2D eigenvalue weighted by molar-refractivity contribution is 0.280. The highest BCUT2D eigenvalue weighted by Gasteiger charge is 2.24. The maximum absolute atomic E-state index is 11.5. The van der Waals surface area contributed by atoms with Gasteiger partial charge in [0.05, 0.1) is 6.26 Å². The van der Waals surface area contributed by atoms with Crippen molar-refractivity contribution in [2.24, 2.45) is 10.9 Å². The molecule has 6 nitrogen and oxygen atoms in total. The molecule has 0 amide bonds. The molecule has 7 heteroatoms. The van der Waals surface area contributed by atoms with Crippen molar-refractivity contribution in [2.45, 2.75) is 38.6 Å². The molecule has 1 aliphatic heterocycles. The Kier molecular flexibility index (Phi) is 6.26. The van der Waals surface area contributed by atoms with Crippen LogP contribution in [0, 0.1) is 5.92 Å². The van der Waals surface area contributed by atoms with Crippen LogP contribution in [0.2, 0.25) is 0 Å². The highest BCUT2D eigenvalue weighted by Crippen LogP contribution is 2.19. The first-order valence-electron chi connectivity index (χ1n) is 8.14. The van der Waals surface area contributed by atoms with Crippen LogP contribution in [0.3, 0.4) is 0 Å². The van der Waals surface area contributed by atoms with Gasteiger partial charge in [-0.3, -0.25) is 4.99 Å². The van der Waals surface area contributed by atoms with E-state index in [1.165, 1.54) is 6.26 Å². The fraction of sp³-hybridized carbons (Fsp3) is 0.800. The number of hydrogen-bond acceptors (Lipinski definition) is 3. The van der Waals surface area contributed by atoms with E-state index >= 15 is 0 Å². The molecule has 0 radical (unpaired) electrons. The summed E-state index contributed by atoms with van der Waals surface area (Å²) < 4.78 is 24.6. The number of nitrogens with zero attached hydrogens (tertiary/aromatic N) is 2. The lowest BCUT2D eigenvalue weighted by Crippen LogP contribution is -2.43. The molecule has 0 aromatic heterocycles. The van der Waals surface area contributed by atoms with Crippen LogP contribution in [0.25, 0.3) is 0 Å². The fourth-order valence-corrected chi connectivity index (χ4v) is 3.77. The fourth-order valence-electron chi connectivity index (χ4n) is 2.89. The molecule has 0 aromatic carbocycles. The molecular weight excluding hydrogens is 300 g/mol. The number of rotatable bonds is 5. The van der Waals surface area contributed by atoms with Gasteiger partial charge in [0.1, 0.15) is 0 Å². The van der Waals surface area contributed by atoms with E-state index in [1.54, 1.807) is 4.31 Å². The first-order chi connectivity index (χ1) is 10.5. The van der Waals surface area contributed by atoms with Crippen molar-refractivity contribution in [1.82, 2.24) is 14.9 Å². The molecule has 1 aliphatic carbocycles. The number of guanidine groups is 1. The van der Waals surface area contributed by atoms with E-state index in [-0.39, 0.29) is 0 Å². The van der Waals surface area contributed by atoms with Crippen LogP contribution >= 0.6 is 0 Å². The summed E-state index contributed by atoms with van der Waals surface area (Å²) in [6.45, 7) is 4.91. The standard InChI is InChI=1S/C15H28N4O2S/c1-3-16-15(18-14-6-4-5-7-14)17-12-13-8-10-19(11-9-13)22(2,20)21/h4-5,13-14H,3,6-12H2,1-2H3,(H2,16,17,18). The average Bonchev–Trinajstić information content (AvgIpc) is 2.97. The van der Waals surface area contributed by atoms with Crippen molar-refractivity contribution < 1.29 is 8.42 Å². The van der Waals surface area contributed by atoms with E-state index in [9.17, 15) is 8.42 Å². The Hall–Kier alpha value is -1.08. The zero-order valence-electron chi connectivity index (χ0n) is 13.6. The minimum atomic E-state index is -3.04. The lowest BCUT2D eigenvalue weighted by Gasteiger charge is -2.29. The molecule has 0 atom stereocenters. The van der Waals surface area contributed by atoms with E-state index in [2.05, 4.69) is 34.7 Å². The van der Waals surface area contributed by atoms with Gasteiger partial charge in [-0.2, -0.15) is 0 Å². The summed E-state index contributed by atoms with van der Waals surface area (Å²) in [6, 6.07) is 0.449. The largest absolute Gasteiger partial charge is 0.357 e. The van der Waals surface area contributed by atoms with Crippen LogP contribution in [-0.4, -0.2) is 57.2 Å².